The van der Waals surface area contributed by atoms with Crippen LogP contribution < -0.4 is 10.9 Å². The molecule has 21 heavy (non-hydrogen) atoms. The Morgan fingerprint density at radius 1 is 1.19 bits per heavy atom. The molecule has 1 aromatic carbocycles. The summed E-state index contributed by atoms with van der Waals surface area (Å²) in [5, 5.41) is 2.68. The molecule has 4 nitrogen and oxygen atoms in total. The van der Waals surface area contributed by atoms with Gasteiger partial charge in [0.15, 0.2) is 0 Å². The van der Waals surface area contributed by atoms with Crippen molar-refractivity contribution in [3.05, 3.63) is 69.9 Å². The van der Waals surface area contributed by atoms with E-state index in [0.29, 0.717) is 17.5 Å². The largest absolute Gasteiger partial charge is 0.352 e. The van der Waals surface area contributed by atoms with Gasteiger partial charge in [0, 0.05) is 31.8 Å². The van der Waals surface area contributed by atoms with Crippen molar-refractivity contribution in [3.63, 3.8) is 0 Å². The van der Waals surface area contributed by atoms with Crippen LogP contribution in [0.15, 0.2) is 47.4 Å². The van der Waals surface area contributed by atoms with E-state index in [9.17, 15) is 14.0 Å². The van der Waals surface area contributed by atoms with Crippen molar-refractivity contribution < 1.29 is 9.18 Å². The van der Waals surface area contributed by atoms with Crippen LogP contribution in [0.2, 0.25) is 0 Å². The third-order valence-corrected chi connectivity index (χ3v) is 3.26. The molecule has 0 aliphatic rings. The first-order chi connectivity index (χ1) is 10.1. The number of nitrogens with zero attached hydrogens (tertiary/aromatic N) is 1. The van der Waals surface area contributed by atoms with Gasteiger partial charge in [-0.25, -0.2) is 4.39 Å². The lowest BCUT2D eigenvalue weighted by molar-refractivity contribution is -0.121. The molecule has 1 aromatic heterocycles. The average molecular weight is 288 g/mol. The third kappa shape index (κ3) is 4.02. The standard InChI is InChI=1S/C16H17FN2O2/c1-19-10-4-6-13(16(19)21)11-18-15(20)9-8-12-5-2-3-7-14(12)17/h2-7,10H,8-9,11H2,1H3,(H,18,20). The molecule has 0 bridgehead atoms. The van der Waals surface area contributed by atoms with E-state index in [-0.39, 0.29) is 30.2 Å². The number of hydrogen-bond acceptors (Lipinski definition) is 2. The van der Waals surface area contributed by atoms with E-state index in [1.165, 1.54) is 10.6 Å². The molecule has 0 unspecified atom stereocenters. The van der Waals surface area contributed by atoms with Crippen molar-refractivity contribution >= 4 is 5.91 Å². The van der Waals surface area contributed by atoms with Crippen LogP contribution in [0.1, 0.15) is 17.5 Å². The molecule has 0 saturated heterocycles. The van der Waals surface area contributed by atoms with Gasteiger partial charge in [0.1, 0.15) is 5.82 Å². The Hall–Kier alpha value is -2.43. The number of aromatic nitrogens is 1. The highest BCUT2D eigenvalue weighted by atomic mass is 19.1. The second-order valence-corrected chi connectivity index (χ2v) is 4.82. The quantitative estimate of drug-likeness (QED) is 0.911. The monoisotopic (exact) mass is 288 g/mol. The van der Waals surface area contributed by atoms with E-state index < -0.39 is 0 Å². The van der Waals surface area contributed by atoms with Gasteiger partial charge in [0.25, 0.3) is 5.56 Å². The molecule has 2 aromatic rings. The number of benzene rings is 1. The van der Waals surface area contributed by atoms with Crippen LogP contribution in [-0.2, 0) is 24.8 Å². The maximum Gasteiger partial charge on any atom is 0.255 e. The Kier molecular flexibility index (Phi) is 4.87. The molecule has 0 aliphatic carbocycles. The zero-order chi connectivity index (χ0) is 15.2. The van der Waals surface area contributed by atoms with Crippen molar-refractivity contribution in [2.75, 3.05) is 0 Å². The molecule has 0 radical (unpaired) electrons. The van der Waals surface area contributed by atoms with Gasteiger partial charge in [-0.2, -0.15) is 0 Å². The minimum absolute atomic E-state index is 0.132. The molecule has 1 heterocycles. The molecule has 110 valence electrons. The lowest BCUT2D eigenvalue weighted by atomic mass is 10.1. The average Bonchev–Trinajstić information content (AvgIpc) is 2.48. The summed E-state index contributed by atoms with van der Waals surface area (Å²) in [5.74, 6) is -0.508. The summed E-state index contributed by atoms with van der Waals surface area (Å²) in [7, 11) is 1.66. The third-order valence-electron chi connectivity index (χ3n) is 3.26. The van der Waals surface area contributed by atoms with Gasteiger partial charge in [-0.1, -0.05) is 24.3 Å². The maximum atomic E-state index is 13.4. The Labute approximate surface area is 122 Å². The van der Waals surface area contributed by atoms with E-state index in [2.05, 4.69) is 5.32 Å². The maximum absolute atomic E-state index is 13.4. The van der Waals surface area contributed by atoms with Crippen molar-refractivity contribution in [3.8, 4) is 0 Å². The first kappa shape index (κ1) is 15.0. The van der Waals surface area contributed by atoms with Crippen LogP contribution >= 0.6 is 0 Å². The Morgan fingerprint density at radius 2 is 1.90 bits per heavy atom. The van der Waals surface area contributed by atoms with Crippen molar-refractivity contribution in [1.82, 2.24) is 9.88 Å². The Morgan fingerprint density at radius 3 is 2.67 bits per heavy atom. The Bertz CT molecular complexity index is 695. The SMILES string of the molecule is Cn1cccc(CNC(=O)CCc2ccccc2F)c1=O. The topological polar surface area (TPSA) is 51.1 Å². The molecule has 1 N–H and O–H groups in total. The predicted molar refractivity (Wildman–Crippen MR) is 78.3 cm³/mol. The summed E-state index contributed by atoms with van der Waals surface area (Å²) < 4.78 is 14.9. The first-order valence-corrected chi connectivity index (χ1v) is 6.72. The van der Waals surface area contributed by atoms with E-state index in [4.69, 9.17) is 0 Å². The van der Waals surface area contributed by atoms with Crippen LogP contribution in [0.25, 0.3) is 0 Å². The molecule has 0 aliphatic heterocycles. The fourth-order valence-corrected chi connectivity index (χ4v) is 2.02. The van der Waals surface area contributed by atoms with Crippen LogP contribution in [0.3, 0.4) is 0 Å². The lowest BCUT2D eigenvalue weighted by Gasteiger charge is -2.06. The zero-order valence-electron chi connectivity index (χ0n) is 11.8. The highest BCUT2D eigenvalue weighted by Gasteiger charge is 2.07. The molecule has 2 rings (SSSR count). The van der Waals surface area contributed by atoms with Crippen LogP contribution in [-0.4, -0.2) is 10.5 Å². The number of nitrogens with one attached hydrogen (secondary N) is 1. The number of pyridine rings is 1. The fraction of sp³-hybridized carbons (Fsp3) is 0.250. The second kappa shape index (κ2) is 6.83. The second-order valence-electron chi connectivity index (χ2n) is 4.82. The van der Waals surface area contributed by atoms with Gasteiger partial charge in [-0.05, 0) is 24.1 Å². The number of carbonyl (C=O) groups excluding carboxylic acids is 1. The number of carbonyl (C=O) groups is 1. The van der Waals surface area contributed by atoms with Gasteiger partial charge < -0.3 is 9.88 Å². The fourth-order valence-electron chi connectivity index (χ4n) is 2.02. The molecule has 1 amide bonds. The molecule has 0 spiro atoms. The summed E-state index contributed by atoms with van der Waals surface area (Å²) in [5.41, 5.74) is 0.912. The number of aryl methyl sites for hydroxylation is 2. The highest BCUT2D eigenvalue weighted by molar-refractivity contribution is 5.76. The molecular weight excluding hydrogens is 271 g/mol. The van der Waals surface area contributed by atoms with Crippen molar-refractivity contribution in [2.45, 2.75) is 19.4 Å². The van der Waals surface area contributed by atoms with Gasteiger partial charge >= 0.3 is 0 Å². The van der Waals surface area contributed by atoms with Crippen LogP contribution in [0.5, 0.6) is 0 Å². The molecule has 0 fully saturated rings. The lowest BCUT2D eigenvalue weighted by Crippen LogP contribution is -2.28. The number of hydrogen-bond donors (Lipinski definition) is 1. The molecule has 0 saturated carbocycles. The van der Waals surface area contributed by atoms with Crippen molar-refractivity contribution in [1.29, 1.82) is 0 Å². The number of rotatable bonds is 5. The van der Waals surface area contributed by atoms with Gasteiger partial charge in [0.05, 0.1) is 0 Å². The summed E-state index contributed by atoms with van der Waals surface area (Å²) in [6, 6.07) is 9.83. The van der Waals surface area contributed by atoms with Crippen molar-refractivity contribution in [2.24, 2.45) is 7.05 Å². The molecular formula is C16H17FN2O2. The van der Waals surface area contributed by atoms with Crippen LogP contribution in [0, 0.1) is 5.82 Å². The minimum Gasteiger partial charge on any atom is -0.352 e. The first-order valence-electron chi connectivity index (χ1n) is 6.72. The summed E-state index contributed by atoms with van der Waals surface area (Å²) in [4.78, 5) is 23.5. The van der Waals surface area contributed by atoms with E-state index in [1.54, 1.807) is 43.6 Å². The molecule has 0 atom stereocenters. The van der Waals surface area contributed by atoms with Gasteiger partial charge in [-0.15, -0.1) is 0 Å². The zero-order valence-corrected chi connectivity index (χ0v) is 11.8. The van der Waals surface area contributed by atoms with Gasteiger partial charge in [0.2, 0.25) is 5.91 Å². The normalized spacial score (nSPS) is 10.4. The van der Waals surface area contributed by atoms with E-state index >= 15 is 0 Å². The number of amides is 1. The molecule has 5 heteroatoms. The minimum atomic E-state index is -0.303. The van der Waals surface area contributed by atoms with Crippen LogP contribution in [0.4, 0.5) is 4.39 Å². The highest BCUT2D eigenvalue weighted by Crippen LogP contribution is 2.08. The van der Waals surface area contributed by atoms with E-state index in [1.807, 2.05) is 0 Å². The Balaban J connectivity index is 1.87. The predicted octanol–water partition coefficient (Wildman–Crippen LogP) is 1.77. The summed E-state index contributed by atoms with van der Waals surface area (Å²) in [6.45, 7) is 0.184. The van der Waals surface area contributed by atoms with E-state index in [0.717, 1.165) is 0 Å². The van der Waals surface area contributed by atoms with Gasteiger partial charge in [-0.3, -0.25) is 9.59 Å². The number of halogens is 1. The smallest absolute Gasteiger partial charge is 0.255 e. The summed E-state index contributed by atoms with van der Waals surface area (Å²) >= 11 is 0. The summed E-state index contributed by atoms with van der Waals surface area (Å²) in [6.07, 6.45) is 2.19.